The fraction of sp³-hybridized carbons (Fsp3) is 0.500. The first-order valence-corrected chi connectivity index (χ1v) is 6.64. The second-order valence-electron chi connectivity index (χ2n) is 4.57. The van der Waals surface area contributed by atoms with E-state index in [1.807, 2.05) is 0 Å². The second-order valence-corrected chi connectivity index (χ2v) is 4.98. The highest BCUT2D eigenvalue weighted by Crippen LogP contribution is 2.22. The molecule has 0 N–H and O–H groups in total. The average molecular weight is 271 g/mol. The molecular formula is C14H16ClFO2. The maximum absolute atomic E-state index is 12.9. The van der Waals surface area contributed by atoms with Crippen LogP contribution in [0.3, 0.4) is 0 Å². The second kappa shape index (κ2) is 6.30. The van der Waals surface area contributed by atoms with Gasteiger partial charge in [-0.3, -0.25) is 4.79 Å². The Balaban J connectivity index is 1.83. The van der Waals surface area contributed by atoms with Gasteiger partial charge >= 0.3 is 0 Å². The average Bonchev–Trinajstić information content (AvgIpc) is 2.81. The van der Waals surface area contributed by atoms with Crippen molar-refractivity contribution in [1.82, 2.24) is 0 Å². The van der Waals surface area contributed by atoms with Gasteiger partial charge in [0.1, 0.15) is 5.82 Å². The Morgan fingerprint density at radius 1 is 1.50 bits per heavy atom. The maximum atomic E-state index is 12.9. The summed E-state index contributed by atoms with van der Waals surface area (Å²) in [6.45, 7) is 0.836. The summed E-state index contributed by atoms with van der Waals surface area (Å²) in [6, 6.07) is 3.89. The Labute approximate surface area is 111 Å². The van der Waals surface area contributed by atoms with Crippen LogP contribution in [0.15, 0.2) is 18.2 Å². The lowest BCUT2D eigenvalue weighted by Gasteiger charge is -2.08. The fourth-order valence-corrected chi connectivity index (χ4v) is 2.49. The molecule has 0 amide bonds. The first-order chi connectivity index (χ1) is 8.66. The summed E-state index contributed by atoms with van der Waals surface area (Å²) in [5.74, 6) is -0.450. The SMILES string of the molecule is O=C(CCCC1CCCO1)c1ccc(F)cc1Cl. The van der Waals surface area contributed by atoms with Crippen molar-refractivity contribution < 1.29 is 13.9 Å². The van der Waals surface area contributed by atoms with Crippen LogP contribution in [0.5, 0.6) is 0 Å². The van der Waals surface area contributed by atoms with Crippen molar-refractivity contribution in [2.75, 3.05) is 6.61 Å². The van der Waals surface area contributed by atoms with Gasteiger partial charge < -0.3 is 4.74 Å². The van der Waals surface area contributed by atoms with Crippen LogP contribution < -0.4 is 0 Å². The molecule has 1 aliphatic heterocycles. The summed E-state index contributed by atoms with van der Waals surface area (Å²) in [7, 11) is 0. The first kappa shape index (κ1) is 13.5. The molecule has 0 aliphatic carbocycles. The molecule has 0 spiro atoms. The van der Waals surface area contributed by atoms with Gasteiger partial charge in [0.25, 0.3) is 0 Å². The van der Waals surface area contributed by atoms with Gasteiger partial charge in [0, 0.05) is 18.6 Å². The summed E-state index contributed by atoms with van der Waals surface area (Å²) < 4.78 is 18.3. The fourth-order valence-electron chi connectivity index (χ4n) is 2.21. The van der Waals surface area contributed by atoms with Crippen LogP contribution in [0.2, 0.25) is 5.02 Å². The summed E-state index contributed by atoms with van der Waals surface area (Å²) in [5, 5.41) is 0.192. The minimum atomic E-state index is -0.420. The first-order valence-electron chi connectivity index (χ1n) is 6.26. The molecule has 1 fully saturated rings. The quantitative estimate of drug-likeness (QED) is 0.756. The van der Waals surface area contributed by atoms with Crippen molar-refractivity contribution in [2.45, 2.75) is 38.2 Å². The molecule has 1 atom stereocenters. The van der Waals surface area contributed by atoms with Gasteiger partial charge in [0.2, 0.25) is 0 Å². The van der Waals surface area contributed by atoms with Crippen LogP contribution in [-0.2, 0) is 4.74 Å². The number of ketones is 1. The Morgan fingerprint density at radius 2 is 2.33 bits per heavy atom. The lowest BCUT2D eigenvalue weighted by atomic mass is 10.0. The minimum Gasteiger partial charge on any atom is -0.378 e. The van der Waals surface area contributed by atoms with Gasteiger partial charge in [-0.05, 0) is 43.9 Å². The standard InChI is InChI=1S/C14H16ClFO2/c15-13-9-10(16)6-7-12(13)14(17)5-1-3-11-4-2-8-18-11/h6-7,9,11H,1-5,8H2. The maximum Gasteiger partial charge on any atom is 0.164 e. The number of rotatable bonds is 5. The zero-order valence-corrected chi connectivity index (χ0v) is 10.9. The predicted molar refractivity (Wildman–Crippen MR) is 68.6 cm³/mol. The van der Waals surface area contributed by atoms with Crippen molar-refractivity contribution in [2.24, 2.45) is 0 Å². The monoisotopic (exact) mass is 270 g/mol. The molecule has 0 saturated carbocycles. The molecule has 4 heteroatoms. The topological polar surface area (TPSA) is 26.3 Å². The van der Waals surface area contributed by atoms with E-state index < -0.39 is 5.82 Å². The van der Waals surface area contributed by atoms with Crippen LogP contribution in [0.1, 0.15) is 42.5 Å². The highest BCUT2D eigenvalue weighted by molar-refractivity contribution is 6.33. The summed E-state index contributed by atoms with van der Waals surface area (Å²) in [4.78, 5) is 11.9. The summed E-state index contributed by atoms with van der Waals surface area (Å²) in [6.07, 6.45) is 4.64. The highest BCUT2D eigenvalue weighted by Gasteiger charge is 2.16. The zero-order chi connectivity index (χ0) is 13.0. The van der Waals surface area contributed by atoms with E-state index in [0.717, 1.165) is 32.3 Å². The molecule has 2 nitrogen and oxygen atoms in total. The largest absolute Gasteiger partial charge is 0.378 e. The van der Waals surface area contributed by atoms with Crippen molar-refractivity contribution in [3.63, 3.8) is 0 Å². The molecule has 1 heterocycles. The minimum absolute atomic E-state index is 0.0296. The van der Waals surface area contributed by atoms with Crippen molar-refractivity contribution in [3.05, 3.63) is 34.6 Å². The third kappa shape index (κ3) is 3.53. The lowest BCUT2D eigenvalue weighted by molar-refractivity contribution is 0.0923. The molecule has 1 saturated heterocycles. The number of carbonyl (C=O) groups excluding carboxylic acids is 1. The van der Waals surface area contributed by atoms with E-state index in [-0.39, 0.29) is 10.8 Å². The van der Waals surface area contributed by atoms with Crippen LogP contribution in [-0.4, -0.2) is 18.5 Å². The molecule has 18 heavy (non-hydrogen) atoms. The van der Waals surface area contributed by atoms with Gasteiger partial charge in [-0.2, -0.15) is 0 Å². The van der Waals surface area contributed by atoms with Crippen LogP contribution in [0.4, 0.5) is 4.39 Å². The predicted octanol–water partition coefficient (Wildman–Crippen LogP) is 4.01. The number of benzene rings is 1. The van der Waals surface area contributed by atoms with Crippen molar-refractivity contribution in [1.29, 1.82) is 0 Å². The van der Waals surface area contributed by atoms with E-state index in [1.54, 1.807) is 0 Å². The van der Waals surface area contributed by atoms with Crippen LogP contribution in [0, 0.1) is 5.82 Å². The molecular weight excluding hydrogens is 255 g/mol. The molecule has 1 aliphatic rings. The summed E-state index contributed by atoms with van der Waals surface area (Å²) >= 11 is 5.84. The van der Waals surface area contributed by atoms with E-state index in [9.17, 15) is 9.18 Å². The van der Waals surface area contributed by atoms with Crippen molar-refractivity contribution >= 4 is 17.4 Å². The smallest absolute Gasteiger partial charge is 0.164 e. The van der Waals surface area contributed by atoms with Gasteiger partial charge in [-0.15, -0.1) is 0 Å². The number of carbonyl (C=O) groups is 1. The van der Waals surface area contributed by atoms with E-state index in [2.05, 4.69) is 0 Å². The van der Waals surface area contributed by atoms with Gasteiger partial charge in [0.15, 0.2) is 5.78 Å². The normalized spacial score (nSPS) is 19.1. The number of Topliss-reactive ketones (excluding diaryl/α,β-unsaturated/α-hetero) is 1. The molecule has 0 radical (unpaired) electrons. The number of ether oxygens (including phenoxy) is 1. The molecule has 0 aromatic heterocycles. The van der Waals surface area contributed by atoms with E-state index >= 15 is 0 Å². The lowest BCUT2D eigenvalue weighted by Crippen LogP contribution is -2.07. The van der Waals surface area contributed by atoms with E-state index in [1.165, 1.54) is 18.2 Å². The number of hydrogen-bond donors (Lipinski definition) is 0. The Hall–Kier alpha value is -0.930. The Kier molecular flexibility index (Phi) is 4.72. The van der Waals surface area contributed by atoms with Crippen LogP contribution in [0.25, 0.3) is 0 Å². The van der Waals surface area contributed by atoms with Gasteiger partial charge in [0.05, 0.1) is 11.1 Å². The summed E-state index contributed by atoms with van der Waals surface area (Å²) in [5.41, 5.74) is 0.408. The third-order valence-corrected chi connectivity index (χ3v) is 3.50. The Bertz CT molecular complexity index is 428. The van der Waals surface area contributed by atoms with Gasteiger partial charge in [-0.1, -0.05) is 11.6 Å². The van der Waals surface area contributed by atoms with E-state index in [0.29, 0.717) is 18.1 Å². The van der Waals surface area contributed by atoms with Crippen molar-refractivity contribution in [3.8, 4) is 0 Å². The molecule has 2 rings (SSSR count). The van der Waals surface area contributed by atoms with Gasteiger partial charge in [-0.25, -0.2) is 4.39 Å². The number of halogens is 2. The molecule has 0 bridgehead atoms. The third-order valence-electron chi connectivity index (χ3n) is 3.19. The Morgan fingerprint density at radius 3 is 3.00 bits per heavy atom. The highest BCUT2D eigenvalue weighted by atomic mass is 35.5. The molecule has 1 aromatic rings. The zero-order valence-electron chi connectivity index (χ0n) is 10.1. The number of hydrogen-bond acceptors (Lipinski definition) is 2. The molecule has 1 aromatic carbocycles. The molecule has 1 unspecified atom stereocenters. The molecule has 98 valence electrons. The van der Waals surface area contributed by atoms with E-state index in [4.69, 9.17) is 16.3 Å². The van der Waals surface area contributed by atoms with Crippen LogP contribution >= 0.6 is 11.6 Å².